The summed E-state index contributed by atoms with van der Waals surface area (Å²) in [4.78, 5) is 54.3. The number of benzene rings is 3. The van der Waals surface area contributed by atoms with E-state index in [1.807, 2.05) is 0 Å². The van der Waals surface area contributed by atoms with Crippen molar-refractivity contribution in [1.82, 2.24) is 10.2 Å². The number of imide groups is 1. The number of halogens is 2. The Bertz CT molecular complexity index is 1660. The molecule has 3 aliphatic heterocycles. The summed E-state index contributed by atoms with van der Waals surface area (Å²) in [7, 11) is 1.22. The zero-order valence-corrected chi connectivity index (χ0v) is 24.2. The molecule has 0 aliphatic carbocycles. The van der Waals surface area contributed by atoms with Gasteiger partial charge in [0, 0.05) is 25.6 Å². The largest absolute Gasteiger partial charge is 0.485 e. The zero-order valence-electron chi connectivity index (χ0n) is 24.2. The minimum Gasteiger partial charge on any atom is -0.485 e. The first-order chi connectivity index (χ1) is 21.7. The van der Waals surface area contributed by atoms with Crippen LogP contribution in [0.3, 0.4) is 0 Å². The highest BCUT2D eigenvalue weighted by atomic mass is 19.2. The van der Waals surface area contributed by atoms with E-state index in [4.69, 9.17) is 18.9 Å². The van der Waals surface area contributed by atoms with Crippen LogP contribution in [0.1, 0.15) is 41.6 Å². The normalized spacial score (nSPS) is 19.5. The third-order valence-electron chi connectivity index (χ3n) is 7.85. The molecule has 3 aromatic carbocycles. The molecule has 13 heteroatoms. The summed E-state index contributed by atoms with van der Waals surface area (Å²) in [6.45, 7) is 0.976. The number of amides is 4. The first-order valence-electron chi connectivity index (χ1n) is 14.4. The topological polar surface area (TPSA) is 124 Å². The molecule has 1 N–H and O–H groups in total. The van der Waals surface area contributed by atoms with Gasteiger partial charge in [0.2, 0.25) is 11.8 Å². The maximum Gasteiger partial charge on any atom is 0.418 e. The fraction of sp³-hybridized carbons (Fsp3) is 0.312. The van der Waals surface area contributed by atoms with Crippen LogP contribution in [0.25, 0.3) is 0 Å². The van der Waals surface area contributed by atoms with Gasteiger partial charge in [0.15, 0.2) is 17.4 Å². The third kappa shape index (κ3) is 6.03. The van der Waals surface area contributed by atoms with Crippen molar-refractivity contribution in [3.63, 3.8) is 0 Å². The van der Waals surface area contributed by atoms with Gasteiger partial charge in [-0.15, -0.1) is 0 Å². The second kappa shape index (κ2) is 12.5. The molecule has 3 aliphatic rings. The molecule has 1 unspecified atom stereocenters. The van der Waals surface area contributed by atoms with Crippen molar-refractivity contribution in [2.24, 2.45) is 0 Å². The maximum absolute atomic E-state index is 13.9. The summed E-state index contributed by atoms with van der Waals surface area (Å²) in [5.41, 5.74) is 1.35. The molecular formula is C32H29F2N3O8. The Balaban J connectivity index is 1.37. The summed E-state index contributed by atoms with van der Waals surface area (Å²) in [5.74, 6) is -2.96. The van der Waals surface area contributed by atoms with E-state index in [1.165, 1.54) is 35.1 Å². The Labute approximate surface area is 256 Å². The number of anilines is 2. The lowest BCUT2D eigenvalue weighted by Crippen LogP contribution is -2.52. The molecule has 3 aromatic rings. The number of carbonyl (C=O) groups is 4. The molecule has 0 aromatic heterocycles. The molecule has 2 fully saturated rings. The first-order valence-corrected chi connectivity index (χ1v) is 14.4. The smallest absolute Gasteiger partial charge is 0.418 e. The number of nitrogens with zero attached hydrogens (tertiary/aromatic N) is 2. The van der Waals surface area contributed by atoms with E-state index in [0.717, 1.165) is 18.6 Å². The van der Waals surface area contributed by atoms with Crippen molar-refractivity contribution in [3.05, 3.63) is 77.4 Å². The van der Waals surface area contributed by atoms with Crippen molar-refractivity contribution >= 4 is 35.2 Å². The summed E-state index contributed by atoms with van der Waals surface area (Å²) >= 11 is 0. The van der Waals surface area contributed by atoms with E-state index in [-0.39, 0.29) is 60.4 Å². The van der Waals surface area contributed by atoms with Crippen LogP contribution in [0.5, 0.6) is 17.2 Å². The Hall–Kier alpha value is -5.04. The van der Waals surface area contributed by atoms with Crippen molar-refractivity contribution in [1.29, 1.82) is 0 Å². The predicted octanol–water partition coefficient (Wildman–Crippen LogP) is 4.98. The summed E-state index contributed by atoms with van der Waals surface area (Å²) in [6.07, 6.45) is 0.510. The number of nitrogens with one attached hydrogen (secondary N) is 1. The van der Waals surface area contributed by atoms with Gasteiger partial charge in [-0.1, -0.05) is 6.07 Å². The Morgan fingerprint density at radius 2 is 1.78 bits per heavy atom. The van der Waals surface area contributed by atoms with Gasteiger partial charge in [0.1, 0.15) is 23.6 Å². The molecule has 45 heavy (non-hydrogen) atoms. The maximum atomic E-state index is 13.9. The monoisotopic (exact) mass is 621 g/mol. The fourth-order valence-corrected chi connectivity index (χ4v) is 5.65. The SMILES string of the molecule is COC(=O)N(c1ccc(Oc2ccc(F)c(F)c2)cc1)c1ccc2c(c1O[C@@H]1CCCOC1)C(=O)N(C1CCC(=O)NC1=O)C2. The average molecular weight is 622 g/mol. The van der Waals surface area contributed by atoms with Crippen LogP contribution < -0.4 is 19.7 Å². The zero-order chi connectivity index (χ0) is 31.7. The molecule has 0 bridgehead atoms. The van der Waals surface area contributed by atoms with Gasteiger partial charge in [-0.2, -0.15) is 0 Å². The molecule has 0 saturated carbocycles. The number of rotatable bonds is 7. The molecule has 234 valence electrons. The lowest BCUT2D eigenvalue weighted by atomic mass is 10.0. The van der Waals surface area contributed by atoms with Crippen molar-refractivity contribution in [2.75, 3.05) is 25.2 Å². The lowest BCUT2D eigenvalue weighted by molar-refractivity contribution is -0.136. The highest BCUT2D eigenvalue weighted by Gasteiger charge is 2.42. The van der Waals surface area contributed by atoms with Gasteiger partial charge in [0.25, 0.3) is 5.91 Å². The van der Waals surface area contributed by atoms with Gasteiger partial charge in [-0.25, -0.2) is 18.5 Å². The van der Waals surface area contributed by atoms with E-state index in [9.17, 15) is 28.0 Å². The number of hydrogen-bond acceptors (Lipinski definition) is 8. The number of methoxy groups -OCH3 is 1. The average Bonchev–Trinajstić information content (AvgIpc) is 3.37. The molecule has 2 atom stereocenters. The van der Waals surface area contributed by atoms with Crippen LogP contribution in [0.15, 0.2) is 54.6 Å². The molecule has 0 radical (unpaired) electrons. The minimum atomic E-state index is -1.06. The van der Waals surface area contributed by atoms with Crippen LogP contribution in [0.4, 0.5) is 25.0 Å². The highest BCUT2D eigenvalue weighted by Crippen LogP contribution is 2.44. The second-order valence-electron chi connectivity index (χ2n) is 10.8. The number of carbonyl (C=O) groups excluding carboxylic acids is 4. The van der Waals surface area contributed by atoms with Crippen molar-refractivity contribution < 1.29 is 46.9 Å². The molecular weight excluding hydrogens is 592 g/mol. The Kier molecular flexibility index (Phi) is 8.35. The van der Waals surface area contributed by atoms with Crippen LogP contribution in [0, 0.1) is 11.6 Å². The third-order valence-corrected chi connectivity index (χ3v) is 7.85. The lowest BCUT2D eigenvalue weighted by Gasteiger charge is -2.30. The van der Waals surface area contributed by atoms with E-state index >= 15 is 0 Å². The summed E-state index contributed by atoms with van der Waals surface area (Å²) < 4.78 is 49.8. The summed E-state index contributed by atoms with van der Waals surface area (Å²) in [6, 6.07) is 11.8. The molecule has 4 amide bonds. The van der Waals surface area contributed by atoms with Crippen LogP contribution in [-0.2, 0) is 25.6 Å². The van der Waals surface area contributed by atoms with Gasteiger partial charge >= 0.3 is 6.09 Å². The molecule has 3 heterocycles. The van der Waals surface area contributed by atoms with Gasteiger partial charge in [0.05, 0.1) is 30.7 Å². The van der Waals surface area contributed by atoms with Gasteiger partial charge in [-0.05, 0) is 67.3 Å². The predicted molar refractivity (Wildman–Crippen MR) is 154 cm³/mol. The van der Waals surface area contributed by atoms with Crippen LogP contribution in [-0.4, -0.2) is 61.2 Å². The number of hydrogen-bond donors (Lipinski definition) is 1. The molecule has 6 rings (SSSR count). The highest BCUT2D eigenvalue weighted by molar-refractivity contribution is 6.09. The number of piperidine rings is 1. The van der Waals surface area contributed by atoms with Crippen molar-refractivity contribution in [2.45, 2.75) is 44.4 Å². The van der Waals surface area contributed by atoms with Crippen LogP contribution in [0.2, 0.25) is 0 Å². The van der Waals surface area contributed by atoms with E-state index < -0.39 is 41.7 Å². The van der Waals surface area contributed by atoms with Crippen molar-refractivity contribution in [3.8, 4) is 17.2 Å². The minimum absolute atomic E-state index is 0.0783. The fourth-order valence-electron chi connectivity index (χ4n) is 5.65. The summed E-state index contributed by atoms with van der Waals surface area (Å²) in [5, 5.41) is 2.30. The molecule has 11 nitrogen and oxygen atoms in total. The van der Waals surface area contributed by atoms with E-state index in [2.05, 4.69) is 5.32 Å². The number of ether oxygens (including phenoxy) is 4. The second-order valence-corrected chi connectivity index (χ2v) is 10.8. The van der Waals surface area contributed by atoms with Gasteiger partial charge in [-0.3, -0.25) is 19.7 Å². The van der Waals surface area contributed by atoms with Crippen LogP contribution >= 0.6 is 0 Å². The Morgan fingerprint density at radius 3 is 2.47 bits per heavy atom. The standard InChI is InChI=1S/C32H29F2N3O8/c1-42-32(41)37(19-5-7-20(8-6-19)44-21-9-10-23(33)24(34)15-21)25-11-4-18-16-36(26-12-13-27(38)35-30(26)39)31(40)28(18)29(25)45-22-3-2-14-43-17-22/h4-11,15,22,26H,2-3,12-14,16-17H2,1H3,(H,35,38,39)/t22-,26?/m1/s1. The number of fused-ring (bicyclic) bond motifs is 1. The molecule has 0 spiro atoms. The first kappa shape index (κ1) is 30.0. The van der Waals surface area contributed by atoms with E-state index in [1.54, 1.807) is 24.3 Å². The Morgan fingerprint density at radius 1 is 1.00 bits per heavy atom. The quantitative estimate of drug-likeness (QED) is 0.367. The van der Waals surface area contributed by atoms with E-state index in [0.29, 0.717) is 24.3 Å². The molecule has 2 saturated heterocycles. The van der Waals surface area contributed by atoms with Gasteiger partial charge < -0.3 is 23.8 Å².